The largest absolute Gasteiger partial charge is 0.509 e. The Morgan fingerprint density at radius 3 is 2.02 bits per heavy atom. The average Bonchev–Trinajstić information content (AvgIpc) is 3.73. The van der Waals surface area contributed by atoms with Crippen molar-refractivity contribution in [2.75, 3.05) is 9.80 Å². The van der Waals surface area contributed by atoms with Gasteiger partial charge in [-0.3, -0.25) is 0 Å². The van der Waals surface area contributed by atoms with Gasteiger partial charge in [0.2, 0.25) is 0 Å². The molecular weight excluding hydrogens is 892 g/mol. The number of para-hydroxylation sites is 1. The molecule has 0 fully saturated rings. The Labute approximate surface area is 357 Å². The van der Waals surface area contributed by atoms with Gasteiger partial charge in [0.1, 0.15) is 5.82 Å². The van der Waals surface area contributed by atoms with E-state index in [1.54, 1.807) is 0 Å². The Hall–Kier alpha value is -5.64. The first-order valence-corrected chi connectivity index (χ1v) is 19.7. The monoisotopic (exact) mass is 938 g/mol. The maximum atomic E-state index is 6.61. The number of hydrogen-bond acceptors (Lipinski definition) is 4. The molecule has 9 rings (SSSR count). The second-order valence-corrected chi connectivity index (χ2v) is 17.3. The van der Waals surface area contributed by atoms with Crippen LogP contribution in [0.4, 0.5) is 22.7 Å². The van der Waals surface area contributed by atoms with Crippen molar-refractivity contribution in [2.24, 2.45) is 0 Å². The van der Waals surface area contributed by atoms with Crippen LogP contribution in [0.25, 0.3) is 38.8 Å². The van der Waals surface area contributed by atoms with Gasteiger partial charge in [-0.25, -0.2) is 4.98 Å². The molecule has 3 heterocycles. The van der Waals surface area contributed by atoms with E-state index < -0.39 is 0 Å². The fraction of sp³-hybridized carbons (Fsp3) is 0.192. The maximum absolute atomic E-state index is 6.61. The van der Waals surface area contributed by atoms with E-state index in [4.69, 9.17) is 9.72 Å². The van der Waals surface area contributed by atoms with Gasteiger partial charge in [-0.2, -0.15) is 12.1 Å². The second kappa shape index (κ2) is 14.9. The first kappa shape index (κ1) is 39.2. The molecule has 6 aromatic carbocycles. The molecule has 1 aliphatic rings. The van der Waals surface area contributed by atoms with Gasteiger partial charge in [0, 0.05) is 61.3 Å². The number of hydrogen-bond donors (Lipinski definition) is 0. The molecule has 0 spiro atoms. The third-order valence-electron chi connectivity index (χ3n) is 11.1. The van der Waals surface area contributed by atoms with Gasteiger partial charge in [0.05, 0.1) is 0 Å². The number of nitrogens with zero attached hydrogens (tertiary/aromatic N) is 4. The predicted molar refractivity (Wildman–Crippen MR) is 237 cm³/mol. The fourth-order valence-corrected chi connectivity index (χ4v) is 7.72. The van der Waals surface area contributed by atoms with Crippen molar-refractivity contribution in [3.8, 4) is 28.4 Å². The summed E-state index contributed by atoms with van der Waals surface area (Å²) in [5.41, 5.74) is 13.5. The molecule has 0 N–H and O–H groups in total. The number of anilines is 4. The molecule has 2 aromatic heterocycles. The van der Waals surface area contributed by atoms with E-state index in [0.29, 0.717) is 11.5 Å². The van der Waals surface area contributed by atoms with Crippen LogP contribution in [0.5, 0.6) is 11.5 Å². The molecule has 0 radical (unpaired) electrons. The third kappa shape index (κ3) is 7.22. The number of fused-ring (bicyclic) bond motifs is 4. The van der Waals surface area contributed by atoms with Crippen molar-refractivity contribution in [1.29, 1.82) is 0 Å². The number of aromatic nitrogens is 2. The van der Waals surface area contributed by atoms with Gasteiger partial charge in [0.25, 0.3) is 0 Å². The van der Waals surface area contributed by atoms with Gasteiger partial charge in [0.15, 0.2) is 0 Å². The van der Waals surface area contributed by atoms with Gasteiger partial charge in [-0.1, -0.05) is 102 Å². The first-order chi connectivity index (χ1) is 27.3. The van der Waals surface area contributed by atoms with Gasteiger partial charge < -0.3 is 19.1 Å². The van der Waals surface area contributed by atoms with Crippen molar-refractivity contribution in [3.63, 3.8) is 0 Å². The van der Waals surface area contributed by atoms with E-state index in [1.807, 2.05) is 24.4 Å². The minimum Gasteiger partial charge on any atom is -0.509 e. The van der Waals surface area contributed by atoms with E-state index in [0.717, 1.165) is 50.4 Å². The van der Waals surface area contributed by atoms with Crippen molar-refractivity contribution in [3.05, 3.63) is 175 Å². The molecule has 0 atom stereocenters. The van der Waals surface area contributed by atoms with Gasteiger partial charge in [-0.05, 0) is 106 Å². The van der Waals surface area contributed by atoms with Crippen LogP contribution in [0.1, 0.15) is 63.8 Å². The number of benzene rings is 6. The summed E-state index contributed by atoms with van der Waals surface area (Å²) in [4.78, 5) is 9.38. The van der Waals surface area contributed by atoms with Crippen LogP contribution in [0.3, 0.4) is 0 Å². The average molecular weight is 939 g/mol. The Kier molecular flexibility index (Phi) is 10.1. The molecule has 0 bridgehead atoms. The topological polar surface area (TPSA) is 33.5 Å². The summed E-state index contributed by atoms with van der Waals surface area (Å²) in [7, 11) is 0. The summed E-state index contributed by atoms with van der Waals surface area (Å²) in [5.74, 6) is 2.08. The molecule has 0 saturated heterocycles. The Morgan fingerprint density at radius 1 is 0.586 bits per heavy atom. The molecular formula is C52H47N4OPt-3. The Balaban J connectivity index is 0.00000469. The maximum Gasteiger partial charge on any atom is 0.135 e. The Bertz CT molecular complexity index is 2810. The van der Waals surface area contributed by atoms with Crippen LogP contribution in [-0.2, 0) is 31.9 Å². The van der Waals surface area contributed by atoms with Crippen molar-refractivity contribution in [1.82, 2.24) is 9.55 Å². The smallest absolute Gasteiger partial charge is 0.135 e. The number of rotatable bonds is 6. The molecule has 58 heavy (non-hydrogen) atoms. The van der Waals surface area contributed by atoms with Gasteiger partial charge in [-0.15, -0.1) is 48.1 Å². The van der Waals surface area contributed by atoms with Crippen molar-refractivity contribution in [2.45, 2.75) is 66.2 Å². The van der Waals surface area contributed by atoms with Gasteiger partial charge >= 0.3 is 0 Å². The molecule has 6 heteroatoms. The van der Waals surface area contributed by atoms with Crippen LogP contribution in [0.15, 0.2) is 134 Å². The molecule has 294 valence electrons. The van der Waals surface area contributed by atoms with Crippen LogP contribution in [0, 0.1) is 32.6 Å². The molecule has 0 saturated carbocycles. The SMILES string of the molecule is Cc1cc2c(cc1C)N(c1cc(-c3ccccc3)cc(C(C)(C)C)c1)[CH-]N2c1[c-]c(Oc2[c-]c3c(cc2)c2ccccc2n3-c2cc(C(C)(C)C)ccn2)ccc1.[Pt]. The summed E-state index contributed by atoms with van der Waals surface area (Å²) in [6, 6.07) is 52.3. The number of ether oxygens (including phenoxy) is 1. The second-order valence-electron chi connectivity index (χ2n) is 17.3. The molecule has 5 nitrogen and oxygen atoms in total. The summed E-state index contributed by atoms with van der Waals surface area (Å²) >= 11 is 0. The first-order valence-electron chi connectivity index (χ1n) is 19.7. The van der Waals surface area contributed by atoms with Crippen LogP contribution >= 0.6 is 0 Å². The summed E-state index contributed by atoms with van der Waals surface area (Å²) in [6.07, 6.45) is 1.90. The third-order valence-corrected chi connectivity index (χ3v) is 11.1. The zero-order valence-corrected chi connectivity index (χ0v) is 36.6. The molecule has 1 aliphatic heterocycles. The van der Waals surface area contributed by atoms with E-state index in [1.165, 1.54) is 33.4 Å². The minimum atomic E-state index is -0.0359. The van der Waals surface area contributed by atoms with Crippen molar-refractivity contribution >= 4 is 44.6 Å². The molecule has 0 amide bonds. The zero-order valence-electron chi connectivity index (χ0n) is 34.3. The Morgan fingerprint density at radius 2 is 1.28 bits per heavy atom. The normalized spacial score (nSPS) is 12.9. The quantitative estimate of drug-likeness (QED) is 0.156. The van der Waals surface area contributed by atoms with E-state index in [2.05, 4.69) is 198 Å². The molecule has 0 unspecified atom stereocenters. The standard InChI is InChI=1S/C52H47N4O.Pt/c1-34-25-48-49(26-35(34)2)55(41-28-37(36-15-10-9-11-16-36)27-39(29-41)52(6,7)8)33-54(48)40-17-14-18-42(31-40)57-43-21-22-45-44-19-12-13-20-46(44)56(47(45)32-43)50-30-38(23-24-53-50)51(3,4)5;/h9-30,33H,1-8H3;/q-3;. The van der Waals surface area contributed by atoms with Crippen LogP contribution in [0.2, 0.25) is 0 Å². The summed E-state index contributed by atoms with van der Waals surface area (Å²) in [5, 5.41) is 2.24. The zero-order chi connectivity index (χ0) is 39.6. The summed E-state index contributed by atoms with van der Waals surface area (Å²) < 4.78 is 8.81. The molecule has 0 aliphatic carbocycles. The summed E-state index contributed by atoms with van der Waals surface area (Å²) in [6.45, 7) is 20.1. The fourth-order valence-electron chi connectivity index (χ4n) is 7.72. The van der Waals surface area contributed by atoms with Crippen LogP contribution < -0.4 is 14.5 Å². The van der Waals surface area contributed by atoms with E-state index >= 15 is 0 Å². The van der Waals surface area contributed by atoms with Crippen LogP contribution in [-0.4, -0.2) is 9.55 Å². The van der Waals surface area contributed by atoms with Crippen molar-refractivity contribution < 1.29 is 25.8 Å². The van der Waals surface area contributed by atoms with E-state index in [9.17, 15) is 0 Å². The number of aryl methyl sites for hydroxylation is 2. The van der Waals surface area contributed by atoms with E-state index in [-0.39, 0.29) is 31.9 Å². The minimum absolute atomic E-state index is 0. The number of pyridine rings is 1. The predicted octanol–water partition coefficient (Wildman–Crippen LogP) is 13.9. The molecule has 8 aromatic rings.